The van der Waals surface area contributed by atoms with E-state index in [2.05, 4.69) is 297 Å². The molecule has 27 aromatic rings. The van der Waals surface area contributed by atoms with Crippen LogP contribution in [0.1, 0.15) is 33.4 Å². The van der Waals surface area contributed by atoms with Crippen LogP contribution < -0.4 is 0 Å². The van der Waals surface area contributed by atoms with Crippen molar-refractivity contribution in [3.05, 3.63) is 523 Å². The van der Waals surface area contributed by atoms with Crippen molar-refractivity contribution >= 4 is 148 Å². The molecule has 0 saturated heterocycles. The number of nitrogens with zero attached hydrogens (tertiary/aromatic N) is 15. The van der Waals surface area contributed by atoms with Gasteiger partial charge in [-0.3, -0.25) is 0 Å². The lowest BCUT2D eigenvalue weighted by atomic mass is 9.93. The second kappa shape index (κ2) is 37.0. The van der Waals surface area contributed by atoms with Gasteiger partial charge in [-0.2, -0.15) is 31.6 Å². The number of para-hydroxylation sites is 10. The average Bonchev–Trinajstić information content (AvgIpc) is 1.57. The van der Waals surface area contributed by atoms with Gasteiger partial charge < -0.3 is 27.4 Å². The van der Waals surface area contributed by atoms with Crippen molar-refractivity contribution in [1.82, 2.24) is 27.4 Å². The number of rotatable bonds is 12. The van der Waals surface area contributed by atoms with Gasteiger partial charge in [-0.05, 0) is 219 Å². The Kier molecular flexibility index (Phi) is 22.0. The summed E-state index contributed by atoms with van der Waals surface area (Å²) in [5.74, 6) is 0. The van der Waals surface area contributed by atoms with Crippen LogP contribution in [-0.2, 0) is 0 Å². The van der Waals surface area contributed by atoms with Gasteiger partial charge in [-0.1, -0.05) is 291 Å². The number of hydrogen-bond acceptors (Lipinski definition) is 6. The molecule has 21 aromatic carbocycles. The highest BCUT2D eigenvalue weighted by atomic mass is 15.0. The Morgan fingerprint density at radius 3 is 0.820 bits per heavy atom. The third-order valence-corrected chi connectivity index (χ3v) is 28.8. The van der Waals surface area contributed by atoms with E-state index in [1.807, 2.05) is 218 Å². The zero-order valence-corrected chi connectivity index (χ0v) is 80.0. The Bertz CT molecular complexity index is 10700. The van der Waals surface area contributed by atoms with Crippen LogP contribution in [0.3, 0.4) is 0 Å². The van der Waals surface area contributed by atoms with Gasteiger partial charge in [0.1, 0.15) is 0 Å². The predicted octanol–water partition coefficient (Wildman–Crippen LogP) is 34.5. The molecule has 0 unspecified atom stereocenters. The van der Waals surface area contributed by atoms with Crippen molar-refractivity contribution in [2.45, 2.75) is 0 Å². The van der Waals surface area contributed by atoms with E-state index in [1.54, 1.807) is 18.2 Å². The van der Waals surface area contributed by atoms with Crippen LogP contribution in [0.25, 0.3) is 246 Å². The van der Waals surface area contributed by atoms with E-state index in [9.17, 15) is 31.6 Å². The molecule has 0 saturated carbocycles. The molecule has 27 rings (SSSR count). The number of benzene rings is 21. The van der Waals surface area contributed by atoms with E-state index in [1.165, 1.54) is 0 Å². The number of nitriles is 6. The molecule has 15 heteroatoms. The van der Waals surface area contributed by atoms with Crippen molar-refractivity contribution < 1.29 is 0 Å². The summed E-state index contributed by atoms with van der Waals surface area (Å²) in [4.78, 5) is 11.9. The minimum atomic E-state index is 0.426. The normalized spacial score (nSPS) is 11.1. The number of aromatic nitrogens is 6. The fraction of sp³-hybridized carbons (Fsp3) is 0. The molecular formula is C135H75N15. The molecule has 150 heavy (non-hydrogen) atoms. The molecule has 0 aliphatic heterocycles. The zero-order chi connectivity index (χ0) is 101. The van der Waals surface area contributed by atoms with Crippen molar-refractivity contribution in [1.29, 1.82) is 31.6 Å². The molecule has 15 nitrogen and oxygen atoms in total. The maximum Gasteiger partial charge on any atom is 0.212 e. The van der Waals surface area contributed by atoms with E-state index < -0.39 is 0 Å². The Labute approximate surface area is 860 Å². The van der Waals surface area contributed by atoms with Crippen LogP contribution in [0.5, 0.6) is 0 Å². The maximum atomic E-state index is 10.6. The van der Waals surface area contributed by atoms with Crippen molar-refractivity contribution in [2.24, 2.45) is 0 Å². The average molecular weight is 1910 g/mol. The molecule has 690 valence electrons. The molecule has 0 amide bonds. The lowest BCUT2D eigenvalue weighted by molar-refractivity contribution is 1.18. The maximum absolute atomic E-state index is 10.6. The van der Waals surface area contributed by atoms with Crippen molar-refractivity contribution in [2.75, 3.05) is 0 Å². The fourth-order valence-corrected chi connectivity index (χ4v) is 22.2. The number of fused-ring (bicyclic) bond motifs is 18. The molecule has 0 aliphatic rings. The Hall–Kier alpha value is -22.2. The zero-order valence-electron chi connectivity index (χ0n) is 80.0. The molecule has 0 fully saturated rings. The first-order valence-electron chi connectivity index (χ1n) is 48.8. The van der Waals surface area contributed by atoms with E-state index >= 15 is 0 Å². The Morgan fingerprint density at radius 2 is 0.460 bits per heavy atom. The smallest absolute Gasteiger partial charge is 0.212 e. The van der Waals surface area contributed by atoms with Crippen LogP contribution in [0.4, 0.5) is 17.1 Å². The summed E-state index contributed by atoms with van der Waals surface area (Å²) in [6, 6.07) is 166. The summed E-state index contributed by atoms with van der Waals surface area (Å²) in [6.07, 6.45) is 0. The highest BCUT2D eigenvalue weighted by molar-refractivity contribution is 6.17. The summed E-state index contributed by atoms with van der Waals surface area (Å²) in [5, 5.41) is 72.7. The first kappa shape index (κ1) is 89.2. The second-order valence-electron chi connectivity index (χ2n) is 36.9. The molecule has 0 spiro atoms. The van der Waals surface area contributed by atoms with Crippen LogP contribution in [0.2, 0.25) is 0 Å². The van der Waals surface area contributed by atoms with Gasteiger partial charge in [0.05, 0.1) is 167 Å². The van der Waals surface area contributed by atoms with Crippen LogP contribution in [0.15, 0.2) is 455 Å². The van der Waals surface area contributed by atoms with E-state index in [4.69, 9.17) is 19.7 Å². The Morgan fingerprint density at radius 1 is 0.167 bits per heavy atom. The lowest BCUT2D eigenvalue weighted by Crippen LogP contribution is -2.00. The largest absolute Gasteiger partial charge is 0.318 e. The summed E-state index contributed by atoms with van der Waals surface area (Å²) >= 11 is 0. The fourth-order valence-electron chi connectivity index (χ4n) is 22.2. The molecule has 0 aliphatic carbocycles. The lowest BCUT2D eigenvalue weighted by Gasteiger charge is -2.18. The third kappa shape index (κ3) is 14.8. The SMILES string of the molecule is [C-]#[N+]c1cc(C#N)cc(-c2ccc(-c3cccc(-n4c5ccccc5c5cc(C#N)ccc54)c3)cc2)c1-n1c2ccccc2c2ccccc21.[C-]#[N+]c1ccc(C#N)c(-c2ccc(-c3cccc(-n4c5ccccc5c5cc(C#N)ccc54)c3)cc2)c1-n1c2ccccc2c2ccccc21.[C-]#[N+]c1cccc(-c2ccc(-c3cccc(-n4c5ccccc5c5cc(C#N)ccc54)c3)cc2C#N)c1-n1c2ccccc2c2ccccc21. The molecule has 0 N–H and O–H groups in total. The highest BCUT2D eigenvalue weighted by Crippen LogP contribution is 2.49. The van der Waals surface area contributed by atoms with Crippen molar-refractivity contribution in [3.63, 3.8) is 0 Å². The monoisotopic (exact) mass is 1910 g/mol. The first-order valence-corrected chi connectivity index (χ1v) is 48.8. The van der Waals surface area contributed by atoms with Gasteiger partial charge in [0, 0.05) is 98.4 Å². The van der Waals surface area contributed by atoms with Gasteiger partial charge in [-0.25, -0.2) is 14.5 Å². The molecule has 6 aromatic heterocycles. The third-order valence-electron chi connectivity index (χ3n) is 28.8. The molecule has 6 heterocycles. The summed E-state index contributed by atoms with van der Waals surface area (Å²) in [5.41, 5.74) is 33.4. The predicted molar refractivity (Wildman–Crippen MR) is 605 cm³/mol. The molecular weight excluding hydrogens is 1830 g/mol. The minimum Gasteiger partial charge on any atom is -0.318 e. The summed E-state index contributed by atoms with van der Waals surface area (Å²) in [7, 11) is 0. The van der Waals surface area contributed by atoms with Crippen molar-refractivity contribution in [3.8, 4) is 137 Å². The second-order valence-corrected chi connectivity index (χ2v) is 36.9. The standard InChI is InChI=1S/3C45H25N5/c1-48-40-16-9-15-38(45(40)50-42-18-6-2-12-35(42)36-13-3-7-19-43(36)50)34-22-21-31(25-32(34)28-47)30-10-8-11-33(26-30)49-41-17-5-4-14-37(41)39-24-29(27-46)20-23-44(39)49;1-48-39-23-22-33(28-47)44(45(39)50-41-15-6-2-11-35(41)36-12-3-7-16-42(36)50)31-20-18-30(19-21-31)32-9-8-10-34(26-32)49-40-14-5-4-13-37(40)38-25-29(27-46)17-24-43(38)49;1-48-40-25-30(28-47)24-38(45(40)50-42-15-6-2-11-35(42)36-12-3-7-16-43(36)50)32-20-18-31(19-21-32)33-9-8-10-34(26-33)49-41-14-5-4-13-37(41)39-23-29(27-46)17-22-44(39)49/h3*2-26H. The number of hydrogen-bond donors (Lipinski definition) is 0. The van der Waals surface area contributed by atoms with Crippen LogP contribution >= 0.6 is 0 Å². The van der Waals surface area contributed by atoms with E-state index in [0.717, 1.165) is 226 Å². The van der Waals surface area contributed by atoms with Gasteiger partial charge in [0.2, 0.25) is 17.1 Å². The summed E-state index contributed by atoms with van der Waals surface area (Å²) in [6.45, 7) is 24.5. The highest BCUT2D eigenvalue weighted by Gasteiger charge is 2.28. The molecule has 0 radical (unpaired) electrons. The van der Waals surface area contributed by atoms with Gasteiger partial charge in [0.15, 0.2) is 0 Å². The van der Waals surface area contributed by atoms with Gasteiger partial charge in [0.25, 0.3) is 0 Å². The molecule has 0 atom stereocenters. The van der Waals surface area contributed by atoms with E-state index in [0.29, 0.717) is 56.1 Å². The van der Waals surface area contributed by atoms with E-state index in [-0.39, 0.29) is 0 Å². The minimum absolute atomic E-state index is 0.426. The summed E-state index contributed by atoms with van der Waals surface area (Å²) < 4.78 is 13.2. The first-order chi connectivity index (χ1) is 74.0. The quantitative estimate of drug-likeness (QED) is 0.110. The van der Waals surface area contributed by atoms with Crippen LogP contribution in [-0.4, -0.2) is 27.4 Å². The molecule has 0 bridgehead atoms. The topological polar surface area (TPSA) is 185 Å². The van der Waals surface area contributed by atoms with Crippen LogP contribution in [0, 0.1) is 87.7 Å². The van der Waals surface area contributed by atoms with Gasteiger partial charge in [-0.15, -0.1) is 0 Å². The van der Waals surface area contributed by atoms with Gasteiger partial charge >= 0.3 is 0 Å². The Balaban J connectivity index is 0.000000116.